The summed E-state index contributed by atoms with van der Waals surface area (Å²) in [6.45, 7) is 11.3. The molecule has 0 bridgehead atoms. The summed E-state index contributed by atoms with van der Waals surface area (Å²) in [5, 5.41) is 4.29. The van der Waals surface area contributed by atoms with Gasteiger partial charge in [-0.05, 0) is 42.3 Å². The van der Waals surface area contributed by atoms with Crippen molar-refractivity contribution in [2.75, 3.05) is 18.1 Å². The van der Waals surface area contributed by atoms with Gasteiger partial charge in [0.1, 0.15) is 12.8 Å². The molecule has 1 atom stereocenters. The Morgan fingerprint density at radius 2 is 2.00 bits per heavy atom. The summed E-state index contributed by atoms with van der Waals surface area (Å²) >= 11 is 0. The molecule has 5 heteroatoms. The van der Waals surface area contributed by atoms with Gasteiger partial charge in [-0.1, -0.05) is 22.8 Å². The number of fused-ring (bicyclic) bond motifs is 1. The number of pyridine rings is 1. The normalized spacial score (nSPS) is 11.2. The molecule has 0 saturated heterocycles. The van der Waals surface area contributed by atoms with Crippen LogP contribution < -0.4 is 5.32 Å². The van der Waals surface area contributed by atoms with Gasteiger partial charge in [0.25, 0.3) is 0 Å². The van der Waals surface area contributed by atoms with Gasteiger partial charge in [0.15, 0.2) is 0 Å². The van der Waals surface area contributed by atoms with Gasteiger partial charge < -0.3 is 5.32 Å². The van der Waals surface area contributed by atoms with E-state index in [9.17, 15) is 4.57 Å². The summed E-state index contributed by atoms with van der Waals surface area (Å²) in [4.78, 5) is 8.07. The second-order valence-electron chi connectivity index (χ2n) is 6.02. The molecular formula is C20H19N3OP+. The molecule has 1 aromatic heterocycles. The van der Waals surface area contributed by atoms with Crippen molar-refractivity contribution in [3.05, 3.63) is 71.2 Å². The monoisotopic (exact) mass is 348 g/mol. The Morgan fingerprint density at radius 3 is 2.68 bits per heavy atom. The third-order valence-corrected chi connectivity index (χ3v) is 5.02. The van der Waals surface area contributed by atoms with E-state index in [1.54, 1.807) is 12.9 Å². The lowest BCUT2D eigenvalue weighted by atomic mass is 10.0. The Kier molecular flexibility index (Phi) is 5.07. The minimum atomic E-state index is -1.15. The van der Waals surface area contributed by atoms with E-state index in [4.69, 9.17) is 6.57 Å². The highest BCUT2D eigenvalue weighted by atomic mass is 31.1. The number of anilines is 2. The number of aryl methyl sites for hydroxylation is 2. The zero-order valence-corrected chi connectivity index (χ0v) is 15.2. The van der Waals surface area contributed by atoms with E-state index in [0.717, 1.165) is 39.8 Å². The Labute approximate surface area is 148 Å². The first-order valence-corrected chi connectivity index (χ1v) is 9.97. The summed E-state index contributed by atoms with van der Waals surface area (Å²) in [7, 11) is -1.15. The summed E-state index contributed by atoms with van der Waals surface area (Å²) in [6.07, 6.45) is 3.07. The average molecular weight is 348 g/mol. The maximum atomic E-state index is 11.4. The van der Waals surface area contributed by atoms with Crippen LogP contribution in [0.25, 0.3) is 15.7 Å². The Hall–Kier alpha value is -2.76. The third-order valence-electron chi connectivity index (χ3n) is 4.17. The number of nitrogens with one attached hydrogen (secondary N) is 1. The number of nitrogens with zero attached hydrogens (tertiary/aromatic N) is 2. The van der Waals surface area contributed by atoms with Crippen LogP contribution in [-0.2, 0) is 11.0 Å². The Morgan fingerprint density at radius 1 is 1.24 bits per heavy atom. The molecule has 25 heavy (non-hydrogen) atoms. The molecule has 3 rings (SSSR count). The Balaban J connectivity index is 2.09. The number of benzene rings is 2. The first kappa shape index (κ1) is 17.1. The minimum Gasteiger partial charge on any atom is -0.364 e. The van der Waals surface area contributed by atoms with E-state index < -0.39 is 7.80 Å². The first-order chi connectivity index (χ1) is 12.1. The van der Waals surface area contributed by atoms with Gasteiger partial charge in [-0.25, -0.2) is 4.85 Å². The lowest BCUT2D eigenvalue weighted by Gasteiger charge is -2.14. The molecule has 0 aliphatic carbocycles. The van der Waals surface area contributed by atoms with Crippen LogP contribution in [0.5, 0.6) is 0 Å². The highest BCUT2D eigenvalue weighted by Crippen LogP contribution is 2.36. The smallest absolute Gasteiger partial charge is 0.335 e. The topological polar surface area (TPSA) is 46.4 Å². The quantitative estimate of drug-likeness (QED) is 0.465. The third kappa shape index (κ3) is 3.84. The minimum absolute atomic E-state index is 0.500. The maximum Gasteiger partial charge on any atom is 0.335 e. The van der Waals surface area contributed by atoms with Gasteiger partial charge in [-0.15, -0.1) is 0 Å². The molecule has 0 aliphatic rings. The molecule has 1 N–H and O–H groups in total. The van der Waals surface area contributed by atoms with Gasteiger partial charge >= 0.3 is 7.80 Å². The highest BCUT2D eigenvalue weighted by Gasteiger charge is 2.13. The molecule has 0 radical (unpaired) electrons. The van der Waals surface area contributed by atoms with E-state index in [-0.39, 0.29) is 0 Å². The second kappa shape index (κ2) is 7.42. The summed E-state index contributed by atoms with van der Waals surface area (Å²) in [5.74, 6) is 0. The molecule has 0 fully saturated rings. The molecule has 3 aromatic rings. The van der Waals surface area contributed by atoms with Crippen molar-refractivity contribution in [2.24, 2.45) is 0 Å². The van der Waals surface area contributed by atoms with Crippen molar-refractivity contribution in [3.63, 3.8) is 0 Å². The number of hydrogen-bond donors (Lipinski definition) is 1. The van der Waals surface area contributed by atoms with Crippen LogP contribution in [-0.4, -0.2) is 17.8 Å². The van der Waals surface area contributed by atoms with Crippen LogP contribution in [0.2, 0.25) is 0 Å². The summed E-state index contributed by atoms with van der Waals surface area (Å²) < 4.78 is 11.4. The van der Waals surface area contributed by atoms with Crippen LogP contribution in [0, 0.1) is 13.5 Å². The molecule has 2 aromatic carbocycles. The van der Waals surface area contributed by atoms with Crippen molar-refractivity contribution < 1.29 is 4.57 Å². The molecule has 0 aliphatic heterocycles. The highest BCUT2D eigenvalue weighted by molar-refractivity contribution is 7.43. The first-order valence-electron chi connectivity index (χ1n) is 8.08. The van der Waals surface area contributed by atoms with E-state index in [1.165, 1.54) is 0 Å². The van der Waals surface area contributed by atoms with E-state index in [2.05, 4.69) is 21.2 Å². The standard InChI is InChI=1S/C20H19N3OP/c1-14-11-17-18(12-15(14)9-10-25(3)24)22-13-19(21-2)20(17)23-16-7-5-4-6-8-16/h4-8,11-13H,9-10H2,1,3H3,(H,22,23)/q+1. The number of para-hydroxylation sites is 1. The van der Waals surface area contributed by atoms with Crippen molar-refractivity contribution in [1.29, 1.82) is 0 Å². The molecular weight excluding hydrogens is 329 g/mol. The van der Waals surface area contributed by atoms with Crippen molar-refractivity contribution in [3.8, 4) is 0 Å². The predicted octanol–water partition coefficient (Wildman–Crippen LogP) is 5.84. The van der Waals surface area contributed by atoms with Gasteiger partial charge in [0.05, 0.1) is 17.8 Å². The van der Waals surface area contributed by atoms with Crippen LogP contribution in [0.4, 0.5) is 17.1 Å². The van der Waals surface area contributed by atoms with E-state index >= 15 is 0 Å². The fourth-order valence-corrected chi connectivity index (χ4v) is 3.37. The Bertz CT molecular complexity index is 978. The lowest BCUT2D eigenvalue weighted by Crippen LogP contribution is -1.97. The largest absolute Gasteiger partial charge is 0.364 e. The zero-order valence-electron chi connectivity index (χ0n) is 14.3. The van der Waals surface area contributed by atoms with Crippen molar-refractivity contribution in [2.45, 2.75) is 13.3 Å². The summed E-state index contributed by atoms with van der Waals surface area (Å²) in [5.41, 5.74) is 5.35. The molecule has 0 saturated carbocycles. The fraction of sp³-hybridized carbons (Fsp3) is 0.200. The fourth-order valence-electron chi connectivity index (χ4n) is 2.81. The maximum absolute atomic E-state index is 11.4. The zero-order chi connectivity index (χ0) is 17.8. The van der Waals surface area contributed by atoms with Gasteiger partial charge in [0.2, 0.25) is 5.69 Å². The lowest BCUT2D eigenvalue weighted by molar-refractivity contribution is 0.590. The van der Waals surface area contributed by atoms with E-state index in [1.807, 2.05) is 43.3 Å². The number of rotatable bonds is 5. The molecule has 4 nitrogen and oxygen atoms in total. The van der Waals surface area contributed by atoms with Gasteiger partial charge in [0, 0.05) is 23.7 Å². The molecule has 0 amide bonds. The van der Waals surface area contributed by atoms with Gasteiger partial charge in [-0.2, -0.15) is 0 Å². The van der Waals surface area contributed by atoms with Gasteiger partial charge in [-0.3, -0.25) is 4.98 Å². The number of aromatic nitrogens is 1. The second-order valence-corrected chi connectivity index (χ2v) is 7.72. The van der Waals surface area contributed by atoms with Crippen LogP contribution in [0.15, 0.2) is 48.7 Å². The van der Waals surface area contributed by atoms with Crippen LogP contribution in [0.3, 0.4) is 0 Å². The predicted molar refractivity (Wildman–Crippen MR) is 105 cm³/mol. The molecule has 1 heterocycles. The molecule has 1 unspecified atom stereocenters. The van der Waals surface area contributed by atoms with Crippen molar-refractivity contribution >= 4 is 35.8 Å². The molecule has 0 spiro atoms. The van der Waals surface area contributed by atoms with Crippen LogP contribution in [0.1, 0.15) is 11.1 Å². The SMILES string of the molecule is [C-]#[N+]c1cnc2cc(CC[P+](C)=O)c(C)cc2c1Nc1ccccc1. The summed E-state index contributed by atoms with van der Waals surface area (Å²) in [6, 6.07) is 13.9. The van der Waals surface area contributed by atoms with Crippen LogP contribution >= 0.6 is 7.80 Å². The van der Waals surface area contributed by atoms with E-state index in [0.29, 0.717) is 11.8 Å². The average Bonchev–Trinajstić information content (AvgIpc) is 2.61. The van der Waals surface area contributed by atoms with Crippen molar-refractivity contribution in [1.82, 2.24) is 4.98 Å². The number of hydrogen-bond acceptors (Lipinski definition) is 3. The molecule has 124 valence electrons.